The van der Waals surface area contributed by atoms with Crippen molar-refractivity contribution >= 4 is 40.7 Å². The standard InChI is InChI=1S/C29H34ClN5OS/c1-21-9-8-16-35(19-21)25-18-26(36-24-12-3-2-4-13-24)33-27(32-25)34-28(37)31-20-29(14-5-6-15-29)22-10-7-11-23(30)17-22/h2-4,7,10-13,17-18,21H,5-6,8-9,14-16,19-20H2,1H3,(H2,31,32,33,34,37)/t21-/m0/s1. The summed E-state index contributed by atoms with van der Waals surface area (Å²) in [5.74, 6) is 3.13. The summed E-state index contributed by atoms with van der Waals surface area (Å²) in [6, 6.07) is 19.8. The van der Waals surface area contributed by atoms with Gasteiger partial charge in [0.1, 0.15) is 11.6 Å². The van der Waals surface area contributed by atoms with E-state index in [1.165, 1.54) is 24.8 Å². The van der Waals surface area contributed by atoms with Crippen LogP contribution in [0.2, 0.25) is 5.02 Å². The molecule has 0 spiro atoms. The van der Waals surface area contributed by atoms with E-state index in [4.69, 9.17) is 33.5 Å². The number of hydrogen-bond donors (Lipinski definition) is 2. The van der Waals surface area contributed by atoms with Gasteiger partial charge in [0.15, 0.2) is 5.11 Å². The van der Waals surface area contributed by atoms with Crippen LogP contribution in [0.3, 0.4) is 0 Å². The lowest BCUT2D eigenvalue weighted by Gasteiger charge is -2.32. The maximum absolute atomic E-state index is 6.33. The van der Waals surface area contributed by atoms with Crippen LogP contribution in [0.25, 0.3) is 0 Å². The molecule has 2 aromatic carbocycles. The van der Waals surface area contributed by atoms with Crippen molar-refractivity contribution in [2.45, 2.75) is 50.9 Å². The Labute approximate surface area is 229 Å². The van der Waals surface area contributed by atoms with E-state index in [1.807, 2.05) is 48.5 Å². The molecule has 6 nitrogen and oxygen atoms in total. The average molecular weight is 536 g/mol. The Bertz CT molecular complexity index is 1220. The van der Waals surface area contributed by atoms with Crippen LogP contribution >= 0.6 is 23.8 Å². The lowest BCUT2D eigenvalue weighted by Crippen LogP contribution is -2.41. The van der Waals surface area contributed by atoms with Crippen LogP contribution in [0.15, 0.2) is 60.7 Å². The summed E-state index contributed by atoms with van der Waals surface area (Å²) in [7, 11) is 0. The first-order valence-electron chi connectivity index (χ1n) is 13.2. The molecule has 8 heteroatoms. The van der Waals surface area contributed by atoms with Gasteiger partial charge < -0.3 is 20.3 Å². The van der Waals surface area contributed by atoms with Gasteiger partial charge in [0.05, 0.1) is 0 Å². The van der Waals surface area contributed by atoms with Crippen molar-refractivity contribution in [1.82, 2.24) is 15.3 Å². The van der Waals surface area contributed by atoms with Gasteiger partial charge in [-0.15, -0.1) is 0 Å². The Morgan fingerprint density at radius 3 is 2.65 bits per heavy atom. The molecule has 1 aliphatic heterocycles. The van der Waals surface area contributed by atoms with Crippen LogP contribution in [-0.2, 0) is 5.41 Å². The summed E-state index contributed by atoms with van der Waals surface area (Å²) in [6.07, 6.45) is 7.01. The van der Waals surface area contributed by atoms with E-state index in [0.29, 0.717) is 22.9 Å². The van der Waals surface area contributed by atoms with Gasteiger partial charge in [-0.25, -0.2) is 0 Å². The number of nitrogens with zero attached hydrogens (tertiary/aromatic N) is 3. The molecule has 194 valence electrons. The van der Waals surface area contributed by atoms with Gasteiger partial charge in [0, 0.05) is 36.1 Å². The zero-order valence-electron chi connectivity index (χ0n) is 21.3. The van der Waals surface area contributed by atoms with Crippen molar-refractivity contribution in [1.29, 1.82) is 0 Å². The first-order valence-corrected chi connectivity index (χ1v) is 14.0. The van der Waals surface area contributed by atoms with Gasteiger partial charge in [-0.3, -0.25) is 0 Å². The zero-order chi connectivity index (χ0) is 25.7. The number of piperidine rings is 1. The van der Waals surface area contributed by atoms with E-state index in [1.54, 1.807) is 0 Å². The maximum Gasteiger partial charge on any atom is 0.234 e. The van der Waals surface area contributed by atoms with E-state index < -0.39 is 0 Å². The van der Waals surface area contributed by atoms with Gasteiger partial charge >= 0.3 is 0 Å². The number of halogens is 1. The van der Waals surface area contributed by atoms with Crippen LogP contribution in [0.5, 0.6) is 11.6 Å². The van der Waals surface area contributed by atoms with Crippen LogP contribution in [0.1, 0.15) is 51.0 Å². The minimum atomic E-state index is 0.0187. The quantitative estimate of drug-likeness (QED) is 0.317. The number of rotatable bonds is 7. The third kappa shape index (κ3) is 6.51. The molecule has 0 bridgehead atoms. The number of thiocarbonyl (C=S) groups is 1. The number of hydrogen-bond acceptors (Lipinski definition) is 5. The summed E-state index contributed by atoms with van der Waals surface area (Å²) in [5.41, 5.74) is 1.29. The van der Waals surface area contributed by atoms with Crippen molar-refractivity contribution < 1.29 is 4.74 Å². The molecular weight excluding hydrogens is 502 g/mol. The fourth-order valence-electron chi connectivity index (χ4n) is 5.52. The molecule has 1 aromatic heterocycles. The number of aromatic nitrogens is 2. The van der Waals surface area contributed by atoms with Crippen LogP contribution in [0.4, 0.5) is 11.8 Å². The monoisotopic (exact) mass is 535 g/mol. The van der Waals surface area contributed by atoms with Gasteiger partial charge in [-0.2, -0.15) is 9.97 Å². The summed E-state index contributed by atoms with van der Waals surface area (Å²) in [6.45, 7) is 4.95. The number of ether oxygens (including phenoxy) is 1. The molecule has 2 aliphatic rings. The Morgan fingerprint density at radius 2 is 1.89 bits per heavy atom. The third-order valence-electron chi connectivity index (χ3n) is 7.45. The summed E-state index contributed by atoms with van der Waals surface area (Å²) in [5, 5.41) is 7.95. The molecule has 1 saturated carbocycles. The van der Waals surface area contributed by atoms with E-state index in [-0.39, 0.29) is 5.41 Å². The molecule has 37 heavy (non-hydrogen) atoms. The van der Waals surface area contributed by atoms with Crippen LogP contribution in [-0.4, -0.2) is 34.7 Å². The van der Waals surface area contributed by atoms with Crippen LogP contribution in [0, 0.1) is 5.92 Å². The van der Waals surface area contributed by atoms with Gasteiger partial charge in [0.25, 0.3) is 0 Å². The van der Waals surface area contributed by atoms with Gasteiger partial charge in [-0.1, -0.05) is 61.7 Å². The minimum absolute atomic E-state index is 0.0187. The summed E-state index contributed by atoms with van der Waals surface area (Å²) >= 11 is 12.0. The summed E-state index contributed by atoms with van der Waals surface area (Å²) < 4.78 is 6.09. The Balaban J connectivity index is 1.33. The normalized spacial score (nSPS) is 18.9. The maximum atomic E-state index is 6.33. The zero-order valence-corrected chi connectivity index (χ0v) is 22.8. The first kappa shape index (κ1) is 25.7. The fourth-order valence-corrected chi connectivity index (χ4v) is 5.88. The van der Waals surface area contributed by atoms with E-state index >= 15 is 0 Å². The number of para-hydroxylation sites is 1. The molecule has 2 fully saturated rings. The van der Waals surface area contributed by atoms with E-state index in [2.05, 4.69) is 39.6 Å². The van der Waals surface area contributed by atoms with Crippen molar-refractivity contribution in [3.8, 4) is 11.6 Å². The topological polar surface area (TPSA) is 62.3 Å². The minimum Gasteiger partial charge on any atom is -0.439 e. The highest BCUT2D eigenvalue weighted by Crippen LogP contribution is 2.41. The van der Waals surface area contributed by atoms with Crippen molar-refractivity contribution in [3.63, 3.8) is 0 Å². The third-order valence-corrected chi connectivity index (χ3v) is 7.93. The summed E-state index contributed by atoms with van der Waals surface area (Å²) in [4.78, 5) is 11.8. The van der Waals surface area contributed by atoms with Crippen molar-refractivity contribution in [2.24, 2.45) is 5.92 Å². The second-order valence-corrected chi connectivity index (χ2v) is 11.1. The molecule has 3 aromatic rings. The predicted octanol–water partition coefficient (Wildman–Crippen LogP) is 6.96. The lowest BCUT2D eigenvalue weighted by molar-refractivity contribution is 0.435. The smallest absolute Gasteiger partial charge is 0.234 e. The van der Waals surface area contributed by atoms with Crippen LogP contribution < -0.4 is 20.3 Å². The van der Waals surface area contributed by atoms with Gasteiger partial charge in [-0.05, 0) is 73.6 Å². The fraction of sp³-hybridized carbons (Fsp3) is 0.414. The Hall–Kier alpha value is -2.90. The van der Waals surface area contributed by atoms with E-state index in [0.717, 1.165) is 55.5 Å². The molecule has 5 rings (SSSR count). The van der Waals surface area contributed by atoms with Crippen molar-refractivity contribution in [2.75, 3.05) is 29.9 Å². The average Bonchev–Trinajstić information content (AvgIpc) is 3.38. The SMILES string of the molecule is C[C@H]1CCCN(c2cc(Oc3ccccc3)nc(NC(=S)NCC3(c4cccc(Cl)c4)CCCC3)n2)C1. The molecule has 2 N–H and O–H groups in total. The largest absolute Gasteiger partial charge is 0.439 e. The molecular formula is C29H34ClN5OS. The second-order valence-electron chi connectivity index (χ2n) is 10.3. The number of nitrogens with one attached hydrogen (secondary N) is 2. The lowest BCUT2D eigenvalue weighted by atomic mass is 9.79. The molecule has 2 heterocycles. The highest BCUT2D eigenvalue weighted by atomic mass is 35.5. The predicted molar refractivity (Wildman–Crippen MR) is 155 cm³/mol. The second kappa shape index (κ2) is 11.7. The van der Waals surface area contributed by atoms with Gasteiger partial charge in [0.2, 0.25) is 11.8 Å². The Kier molecular flexibility index (Phi) is 8.11. The highest BCUT2D eigenvalue weighted by molar-refractivity contribution is 7.80. The Morgan fingerprint density at radius 1 is 1.08 bits per heavy atom. The molecule has 0 amide bonds. The van der Waals surface area contributed by atoms with Crippen molar-refractivity contribution in [3.05, 3.63) is 71.2 Å². The van der Waals surface area contributed by atoms with E-state index in [9.17, 15) is 0 Å². The molecule has 0 unspecified atom stereocenters. The molecule has 1 atom stereocenters. The molecule has 1 saturated heterocycles. The molecule has 0 radical (unpaired) electrons. The molecule has 1 aliphatic carbocycles. The highest BCUT2D eigenvalue weighted by Gasteiger charge is 2.35. The first-order chi connectivity index (χ1) is 18.0. The number of benzene rings is 2. The number of anilines is 2.